The van der Waals surface area contributed by atoms with Crippen molar-refractivity contribution in [2.24, 2.45) is 5.92 Å². The molecule has 1 fully saturated rings. The van der Waals surface area contributed by atoms with Crippen molar-refractivity contribution < 1.29 is 51.0 Å². The highest BCUT2D eigenvalue weighted by Gasteiger charge is 2.50. The van der Waals surface area contributed by atoms with Gasteiger partial charge >= 0.3 is 13.2 Å². The quantitative estimate of drug-likeness (QED) is 0.209. The fourth-order valence-corrected chi connectivity index (χ4v) is 3.80. The van der Waals surface area contributed by atoms with Gasteiger partial charge in [-0.2, -0.15) is 17.6 Å². The van der Waals surface area contributed by atoms with E-state index in [0.29, 0.717) is 5.56 Å². The third kappa shape index (κ3) is 9.95. The smallest absolute Gasteiger partial charge is 0.345 e. The van der Waals surface area contributed by atoms with Crippen LogP contribution in [0.5, 0.6) is 0 Å². The molecule has 2 amide bonds. The van der Waals surface area contributed by atoms with Crippen LogP contribution in [-0.2, 0) is 35.0 Å². The van der Waals surface area contributed by atoms with Crippen molar-refractivity contribution in [2.45, 2.75) is 50.7 Å². The average molecular weight is 585 g/mol. The number of hydrogen-bond acceptors (Lipinski definition) is 9. The Morgan fingerprint density at radius 1 is 0.976 bits per heavy atom. The van der Waals surface area contributed by atoms with Crippen LogP contribution >= 0.6 is 0 Å². The number of halogens is 4. The molecule has 0 unspecified atom stereocenters. The number of carbonyl (C=O) groups excluding carboxylic acids is 4. The van der Waals surface area contributed by atoms with Gasteiger partial charge in [0.15, 0.2) is 11.6 Å². The molecule has 2 aromatic rings. The van der Waals surface area contributed by atoms with E-state index in [-0.39, 0.29) is 18.7 Å². The van der Waals surface area contributed by atoms with Gasteiger partial charge in [0.1, 0.15) is 17.3 Å². The Morgan fingerprint density at radius 3 is 2.22 bits per heavy atom. The van der Waals surface area contributed by atoms with E-state index in [0.717, 1.165) is 6.20 Å². The lowest BCUT2D eigenvalue weighted by Gasteiger charge is -2.24. The van der Waals surface area contributed by atoms with E-state index in [2.05, 4.69) is 30.1 Å². The molecule has 1 aliphatic rings. The predicted octanol–water partition coefficient (Wildman–Crippen LogP) is 1.71. The van der Waals surface area contributed by atoms with E-state index in [9.17, 15) is 36.7 Å². The number of amides is 2. The molecule has 4 atom stereocenters. The minimum absolute atomic E-state index is 0.0414. The zero-order chi connectivity index (χ0) is 30.0. The van der Waals surface area contributed by atoms with Crippen molar-refractivity contribution in [1.82, 2.24) is 20.6 Å². The Hall–Kier alpha value is -3.82. The van der Waals surface area contributed by atoms with Gasteiger partial charge in [-0.05, 0) is 18.9 Å². The number of alkyl halides is 4. The molecule has 1 saturated heterocycles. The number of hydrogen-bond donors (Lipinski definition) is 2. The van der Waals surface area contributed by atoms with Gasteiger partial charge in [0.25, 0.3) is 5.91 Å². The standard InChI is InChI=1S/C26H28F4N4O7/c1-26(14-41-26)21(36)17(9-15-5-3-2-4-6-15)33-22(37)16(12-39-24(27)28)10-20(35)19(13-40-25(29)30)34-23(38)18-11-31-7-8-32-18/h2-8,11,16-17,19,24-25H,9-10,12-14H2,1H3,(H,33,37)(H,34,38)/t16-,17-,19-,26+/m0/s1. The molecule has 3 rings (SSSR count). The minimum Gasteiger partial charge on any atom is -0.361 e. The molecule has 0 radical (unpaired) electrons. The van der Waals surface area contributed by atoms with Crippen LogP contribution in [0, 0.1) is 5.92 Å². The van der Waals surface area contributed by atoms with Gasteiger partial charge in [-0.25, -0.2) is 4.98 Å². The van der Waals surface area contributed by atoms with E-state index in [1.54, 1.807) is 30.3 Å². The van der Waals surface area contributed by atoms with E-state index in [1.165, 1.54) is 19.3 Å². The Balaban J connectivity index is 1.77. The molecule has 2 heterocycles. The van der Waals surface area contributed by atoms with Gasteiger partial charge in [0, 0.05) is 18.8 Å². The second-order valence-corrected chi connectivity index (χ2v) is 9.31. The lowest BCUT2D eigenvalue weighted by atomic mass is 9.93. The molecule has 0 saturated carbocycles. The number of nitrogens with one attached hydrogen (secondary N) is 2. The molecular weight excluding hydrogens is 556 g/mol. The fourth-order valence-electron chi connectivity index (χ4n) is 3.80. The number of nitrogens with zero attached hydrogens (tertiary/aromatic N) is 2. The summed E-state index contributed by atoms with van der Waals surface area (Å²) in [6.45, 7) is -6.87. The maximum absolute atomic E-state index is 13.2. The summed E-state index contributed by atoms with van der Waals surface area (Å²) in [4.78, 5) is 59.3. The largest absolute Gasteiger partial charge is 0.361 e. The Labute approximate surface area is 232 Å². The van der Waals surface area contributed by atoms with Crippen molar-refractivity contribution in [1.29, 1.82) is 0 Å². The van der Waals surface area contributed by atoms with Crippen molar-refractivity contribution >= 4 is 23.4 Å². The highest BCUT2D eigenvalue weighted by atomic mass is 19.3. The highest BCUT2D eigenvalue weighted by molar-refractivity contribution is 5.99. The van der Waals surface area contributed by atoms with Crippen LogP contribution in [0.3, 0.4) is 0 Å². The first-order valence-corrected chi connectivity index (χ1v) is 12.4. The fraction of sp³-hybridized carbons (Fsp3) is 0.462. The number of Topliss-reactive ketones (excluding diaryl/α,β-unsaturated/α-hetero) is 2. The Kier molecular flexibility index (Phi) is 11.4. The molecule has 0 bridgehead atoms. The zero-order valence-electron chi connectivity index (χ0n) is 21.8. The first kappa shape index (κ1) is 31.7. The third-order valence-corrected chi connectivity index (χ3v) is 6.13. The molecule has 1 aromatic carbocycles. The monoisotopic (exact) mass is 584 g/mol. The van der Waals surface area contributed by atoms with Crippen molar-refractivity contribution in [2.75, 3.05) is 19.8 Å². The Morgan fingerprint density at radius 2 is 1.63 bits per heavy atom. The predicted molar refractivity (Wildman–Crippen MR) is 132 cm³/mol. The maximum Gasteiger partial charge on any atom is 0.345 e. The summed E-state index contributed by atoms with van der Waals surface area (Å²) in [5.41, 5.74) is -0.696. The van der Waals surface area contributed by atoms with Crippen LogP contribution in [0.15, 0.2) is 48.9 Å². The number of carbonyl (C=O) groups is 4. The van der Waals surface area contributed by atoms with Crippen LogP contribution in [0.4, 0.5) is 17.6 Å². The summed E-state index contributed by atoms with van der Waals surface area (Å²) in [5.74, 6) is -4.98. The number of ether oxygens (including phenoxy) is 3. The SMILES string of the molecule is C[C@]1(C(=O)[C@H](Cc2ccccc2)NC(=O)[C@H](COC(F)F)CC(=O)[C@H](COC(F)F)NC(=O)c2cnccn2)CO1. The van der Waals surface area contributed by atoms with Crippen LogP contribution in [0.25, 0.3) is 0 Å². The summed E-state index contributed by atoms with van der Waals surface area (Å²) in [5, 5.41) is 4.67. The molecule has 41 heavy (non-hydrogen) atoms. The Bertz CT molecular complexity index is 1190. The van der Waals surface area contributed by atoms with Gasteiger partial charge in [-0.1, -0.05) is 30.3 Å². The van der Waals surface area contributed by atoms with Crippen molar-refractivity contribution in [3.8, 4) is 0 Å². The lowest BCUT2D eigenvalue weighted by molar-refractivity contribution is -0.155. The van der Waals surface area contributed by atoms with Crippen LogP contribution in [0.2, 0.25) is 0 Å². The normalized spacial score (nSPS) is 18.4. The summed E-state index contributed by atoms with van der Waals surface area (Å²) in [7, 11) is 0. The van der Waals surface area contributed by atoms with Gasteiger partial charge in [0.05, 0.1) is 38.0 Å². The minimum atomic E-state index is -3.30. The first-order valence-electron chi connectivity index (χ1n) is 12.4. The van der Waals surface area contributed by atoms with Gasteiger partial charge < -0.3 is 24.8 Å². The van der Waals surface area contributed by atoms with E-state index in [1.807, 2.05) is 0 Å². The average Bonchev–Trinajstić information content (AvgIpc) is 3.71. The molecule has 0 spiro atoms. The highest BCUT2D eigenvalue weighted by Crippen LogP contribution is 2.29. The molecule has 1 aliphatic heterocycles. The number of ketones is 2. The number of rotatable bonds is 17. The molecule has 15 heteroatoms. The van der Waals surface area contributed by atoms with E-state index in [4.69, 9.17) is 4.74 Å². The molecule has 11 nitrogen and oxygen atoms in total. The maximum atomic E-state index is 13.2. The van der Waals surface area contributed by atoms with Crippen molar-refractivity contribution in [3.05, 3.63) is 60.2 Å². The molecular formula is C26H28F4N4O7. The van der Waals surface area contributed by atoms with Crippen LogP contribution in [0.1, 0.15) is 29.4 Å². The molecule has 222 valence electrons. The molecule has 2 N–H and O–H groups in total. The van der Waals surface area contributed by atoms with Gasteiger partial charge in [-0.15, -0.1) is 0 Å². The number of aromatic nitrogens is 2. The second kappa shape index (κ2) is 14.7. The number of epoxide rings is 1. The summed E-state index contributed by atoms with van der Waals surface area (Å²) >= 11 is 0. The summed E-state index contributed by atoms with van der Waals surface area (Å²) in [6, 6.07) is 5.79. The number of benzene rings is 1. The summed E-state index contributed by atoms with van der Waals surface area (Å²) in [6.07, 6.45) is 2.74. The second-order valence-electron chi connectivity index (χ2n) is 9.31. The topological polar surface area (TPSA) is 149 Å². The zero-order valence-corrected chi connectivity index (χ0v) is 21.8. The summed E-state index contributed by atoms with van der Waals surface area (Å²) < 4.78 is 64.9. The molecule has 1 aromatic heterocycles. The molecule has 0 aliphatic carbocycles. The van der Waals surface area contributed by atoms with E-state index >= 15 is 0 Å². The van der Waals surface area contributed by atoms with Gasteiger partial charge in [-0.3, -0.25) is 24.2 Å². The third-order valence-electron chi connectivity index (χ3n) is 6.13. The first-order chi connectivity index (χ1) is 19.5. The van der Waals surface area contributed by atoms with Crippen LogP contribution < -0.4 is 10.6 Å². The lowest BCUT2D eigenvalue weighted by Crippen LogP contribution is -2.51. The van der Waals surface area contributed by atoms with E-state index < -0.39 is 79.8 Å². The van der Waals surface area contributed by atoms with Gasteiger partial charge in [0.2, 0.25) is 5.91 Å². The van der Waals surface area contributed by atoms with Crippen molar-refractivity contribution in [3.63, 3.8) is 0 Å². The van der Waals surface area contributed by atoms with Crippen LogP contribution in [-0.4, -0.2) is 84.1 Å².